The van der Waals surface area contributed by atoms with E-state index in [1.807, 2.05) is 0 Å². The lowest BCUT2D eigenvalue weighted by Crippen LogP contribution is -2.31. The zero-order valence-corrected chi connectivity index (χ0v) is 13.8. The number of nitrogens with zero attached hydrogens (tertiary/aromatic N) is 2. The smallest absolute Gasteiger partial charge is 0.420 e. The third-order valence-electron chi connectivity index (χ3n) is 3.60. The number of hydrogen-bond donors (Lipinski definition) is 2. The van der Waals surface area contributed by atoms with Gasteiger partial charge in [0.1, 0.15) is 11.4 Å². The molecule has 126 valence electrons. The van der Waals surface area contributed by atoms with Gasteiger partial charge >= 0.3 is 12.1 Å². The fourth-order valence-corrected chi connectivity index (χ4v) is 2.47. The third-order valence-corrected chi connectivity index (χ3v) is 3.60. The quantitative estimate of drug-likeness (QED) is 0.829. The van der Waals surface area contributed by atoms with Gasteiger partial charge in [0.15, 0.2) is 0 Å². The highest BCUT2D eigenvalue weighted by molar-refractivity contribution is 6.13. The van der Waals surface area contributed by atoms with Gasteiger partial charge in [0, 0.05) is 12.1 Å². The minimum absolute atomic E-state index is 0.0825. The second-order valence-electron chi connectivity index (χ2n) is 6.64. The molecule has 0 aliphatic carbocycles. The Hall–Kier alpha value is -2.15. The van der Waals surface area contributed by atoms with Crippen LogP contribution in [0.4, 0.5) is 4.79 Å². The predicted octanol–water partition coefficient (Wildman–Crippen LogP) is 2.23. The maximum absolute atomic E-state index is 12.4. The van der Waals surface area contributed by atoms with Gasteiger partial charge in [0.05, 0.1) is 11.3 Å². The summed E-state index contributed by atoms with van der Waals surface area (Å²) in [5.41, 5.74) is -0.587. The predicted molar refractivity (Wildman–Crippen MR) is 85.4 cm³/mol. The molecule has 0 spiro atoms. The minimum Gasteiger partial charge on any atom is -0.478 e. The first-order valence-electron chi connectivity index (χ1n) is 7.65. The number of ether oxygens (including phenoxy) is 1. The molecule has 2 rings (SSSR count). The van der Waals surface area contributed by atoms with Gasteiger partial charge in [-0.05, 0) is 46.7 Å². The van der Waals surface area contributed by atoms with Crippen LogP contribution in [0.2, 0.25) is 0 Å². The third kappa shape index (κ3) is 4.19. The van der Waals surface area contributed by atoms with Crippen molar-refractivity contribution in [3.05, 3.63) is 24.3 Å². The molecule has 0 atom stereocenters. The molecule has 0 aromatic carbocycles. The first kappa shape index (κ1) is 17.2. The van der Waals surface area contributed by atoms with E-state index in [1.165, 1.54) is 10.8 Å². The van der Waals surface area contributed by atoms with Crippen LogP contribution in [0.5, 0.6) is 0 Å². The average molecular weight is 321 g/mol. The molecule has 1 aromatic rings. The number of imidazole rings is 1. The molecule has 1 saturated heterocycles. The molecule has 1 aliphatic rings. The Balaban J connectivity index is 2.38. The van der Waals surface area contributed by atoms with E-state index >= 15 is 0 Å². The van der Waals surface area contributed by atoms with Gasteiger partial charge in [0.2, 0.25) is 0 Å². The molecule has 2 heterocycles. The van der Waals surface area contributed by atoms with Crippen LogP contribution in [-0.2, 0) is 9.53 Å². The highest BCUT2D eigenvalue weighted by Gasteiger charge is 2.28. The van der Waals surface area contributed by atoms with E-state index < -0.39 is 17.7 Å². The Bertz CT molecular complexity index is 622. The Kier molecular flexibility index (Phi) is 4.89. The number of carbonyl (C=O) groups is 2. The summed E-state index contributed by atoms with van der Waals surface area (Å²) in [5, 5.41) is 12.4. The summed E-state index contributed by atoms with van der Waals surface area (Å²) >= 11 is 0. The molecule has 0 amide bonds. The van der Waals surface area contributed by atoms with Crippen molar-refractivity contribution < 1.29 is 19.4 Å². The van der Waals surface area contributed by atoms with Crippen molar-refractivity contribution in [2.45, 2.75) is 45.1 Å². The Morgan fingerprint density at radius 1 is 1.39 bits per heavy atom. The van der Waals surface area contributed by atoms with Crippen LogP contribution in [0, 0.1) is 0 Å². The summed E-state index contributed by atoms with van der Waals surface area (Å²) in [4.78, 5) is 27.9. The van der Waals surface area contributed by atoms with E-state index in [-0.39, 0.29) is 17.2 Å². The van der Waals surface area contributed by atoms with Crippen molar-refractivity contribution in [1.82, 2.24) is 14.9 Å². The van der Waals surface area contributed by atoms with Crippen LogP contribution in [0.3, 0.4) is 0 Å². The van der Waals surface area contributed by atoms with Gasteiger partial charge in [-0.2, -0.15) is 0 Å². The van der Waals surface area contributed by atoms with E-state index in [0.717, 1.165) is 25.9 Å². The summed E-state index contributed by atoms with van der Waals surface area (Å²) in [6.07, 6.45) is 2.52. The maximum atomic E-state index is 12.4. The van der Waals surface area contributed by atoms with Gasteiger partial charge in [-0.25, -0.2) is 19.1 Å². The number of aromatic nitrogens is 2. The molecule has 0 unspecified atom stereocenters. The largest absolute Gasteiger partial charge is 0.478 e. The second kappa shape index (κ2) is 6.54. The first-order valence-corrected chi connectivity index (χ1v) is 7.65. The number of carbonyl (C=O) groups excluding carboxylic acids is 1. The fraction of sp³-hybridized carbons (Fsp3) is 0.562. The number of nitrogens with one attached hydrogen (secondary N) is 1. The van der Waals surface area contributed by atoms with E-state index in [1.54, 1.807) is 20.8 Å². The van der Waals surface area contributed by atoms with Crippen LogP contribution >= 0.6 is 0 Å². The van der Waals surface area contributed by atoms with Crippen LogP contribution in [0.1, 0.15) is 51.0 Å². The van der Waals surface area contributed by atoms with Crippen LogP contribution in [0.25, 0.3) is 5.57 Å². The fourth-order valence-electron chi connectivity index (χ4n) is 2.47. The van der Waals surface area contributed by atoms with Gasteiger partial charge in [-0.1, -0.05) is 6.58 Å². The number of rotatable bonds is 3. The lowest BCUT2D eigenvalue weighted by Gasteiger charge is -2.24. The number of hydrogen-bond acceptors (Lipinski definition) is 5. The standard InChI is InChI=1S/C16H23N3O4/c1-10(14(20)21)12-9-19(15(22)23-16(2,3)4)13(18-12)11-5-7-17-8-6-11/h9,11,17H,1,5-8H2,2-4H3,(H,20,21). The molecule has 0 saturated carbocycles. The van der Waals surface area contributed by atoms with Crippen LogP contribution < -0.4 is 5.32 Å². The average Bonchev–Trinajstić information content (AvgIpc) is 2.90. The topological polar surface area (TPSA) is 93.5 Å². The van der Waals surface area contributed by atoms with Gasteiger partial charge < -0.3 is 15.2 Å². The zero-order valence-electron chi connectivity index (χ0n) is 13.8. The Labute approximate surface area is 135 Å². The normalized spacial score (nSPS) is 16.1. The SMILES string of the molecule is C=C(C(=O)O)c1cn(C(=O)OC(C)(C)C)c(C2CCNCC2)n1. The van der Waals surface area contributed by atoms with Crippen molar-refractivity contribution in [3.8, 4) is 0 Å². The molecule has 1 aromatic heterocycles. The highest BCUT2D eigenvalue weighted by atomic mass is 16.6. The lowest BCUT2D eigenvalue weighted by atomic mass is 9.97. The van der Waals surface area contributed by atoms with Crippen molar-refractivity contribution in [3.63, 3.8) is 0 Å². The Morgan fingerprint density at radius 3 is 2.52 bits per heavy atom. The van der Waals surface area contributed by atoms with Crippen molar-refractivity contribution in [2.75, 3.05) is 13.1 Å². The van der Waals surface area contributed by atoms with Gasteiger partial charge in [-0.15, -0.1) is 0 Å². The van der Waals surface area contributed by atoms with Crippen molar-refractivity contribution >= 4 is 17.6 Å². The van der Waals surface area contributed by atoms with Gasteiger partial charge in [-0.3, -0.25) is 0 Å². The van der Waals surface area contributed by atoms with E-state index in [9.17, 15) is 9.59 Å². The molecule has 0 bridgehead atoms. The number of carboxylic acids is 1. The summed E-state index contributed by atoms with van der Waals surface area (Å²) in [6.45, 7) is 10.5. The van der Waals surface area contributed by atoms with Gasteiger partial charge in [0.25, 0.3) is 0 Å². The molecular formula is C16H23N3O4. The second-order valence-corrected chi connectivity index (χ2v) is 6.64. The van der Waals surface area contributed by atoms with E-state index in [0.29, 0.717) is 5.82 Å². The molecule has 7 nitrogen and oxygen atoms in total. The summed E-state index contributed by atoms with van der Waals surface area (Å²) in [5.74, 6) is -0.534. The van der Waals surface area contributed by atoms with Crippen molar-refractivity contribution in [1.29, 1.82) is 0 Å². The molecule has 7 heteroatoms. The minimum atomic E-state index is -1.16. The zero-order chi connectivity index (χ0) is 17.2. The molecule has 2 N–H and O–H groups in total. The van der Waals surface area contributed by atoms with Crippen molar-refractivity contribution in [2.24, 2.45) is 0 Å². The highest BCUT2D eigenvalue weighted by Crippen LogP contribution is 2.27. The lowest BCUT2D eigenvalue weighted by molar-refractivity contribution is -0.130. The molecule has 1 aliphatic heterocycles. The molecule has 1 fully saturated rings. The van der Waals surface area contributed by atoms with Crippen LogP contribution in [-0.4, -0.2) is 45.4 Å². The number of carboxylic acid groups (broad SMARTS) is 1. The number of aliphatic carboxylic acids is 1. The van der Waals surface area contributed by atoms with Crippen LogP contribution in [0.15, 0.2) is 12.8 Å². The maximum Gasteiger partial charge on any atom is 0.420 e. The monoisotopic (exact) mass is 321 g/mol. The first-order chi connectivity index (χ1) is 10.7. The Morgan fingerprint density at radius 2 is 2.00 bits per heavy atom. The number of piperidine rings is 1. The molecular weight excluding hydrogens is 298 g/mol. The summed E-state index contributed by atoms with van der Waals surface area (Å²) in [6, 6.07) is 0. The summed E-state index contributed by atoms with van der Waals surface area (Å²) in [7, 11) is 0. The van der Waals surface area contributed by atoms with E-state index in [2.05, 4.69) is 16.9 Å². The summed E-state index contributed by atoms with van der Waals surface area (Å²) < 4.78 is 6.72. The van der Waals surface area contributed by atoms with E-state index in [4.69, 9.17) is 9.84 Å². The molecule has 0 radical (unpaired) electrons. The molecule has 23 heavy (non-hydrogen) atoms.